The van der Waals surface area contributed by atoms with E-state index in [0.717, 1.165) is 42.6 Å². The molecule has 96 valence electrons. The molecule has 1 saturated heterocycles. The first-order valence-corrected chi connectivity index (χ1v) is 6.88. The quantitative estimate of drug-likeness (QED) is 0.871. The van der Waals surface area contributed by atoms with Crippen LogP contribution < -0.4 is 10.5 Å². The second-order valence-corrected chi connectivity index (χ2v) is 5.22. The zero-order valence-corrected chi connectivity index (χ0v) is 11.0. The molecule has 3 heterocycles. The van der Waals surface area contributed by atoms with Crippen LogP contribution >= 0.6 is 11.5 Å². The fourth-order valence-electron chi connectivity index (χ4n) is 2.27. The van der Waals surface area contributed by atoms with Crippen LogP contribution in [0.2, 0.25) is 0 Å². The van der Waals surface area contributed by atoms with Crippen molar-refractivity contribution < 1.29 is 0 Å². The summed E-state index contributed by atoms with van der Waals surface area (Å²) in [4.78, 5) is 17.9. The molecule has 2 aromatic heterocycles. The lowest BCUT2D eigenvalue weighted by Gasteiger charge is -2.13. The highest BCUT2D eigenvalue weighted by atomic mass is 32.1. The lowest BCUT2D eigenvalue weighted by molar-refractivity contribution is 0.737. The molecule has 3 rings (SSSR count). The van der Waals surface area contributed by atoms with Gasteiger partial charge in [-0.05, 0) is 6.42 Å². The minimum Gasteiger partial charge on any atom is -0.346 e. The number of aryl methyl sites for hydroxylation is 1. The second kappa shape index (κ2) is 4.56. The molecule has 2 N–H and O–H groups in total. The van der Waals surface area contributed by atoms with Crippen molar-refractivity contribution in [1.29, 1.82) is 0 Å². The predicted octanol–water partition coefficient (Wildman–Crippen LogP) is 1.11. The number of nitrogens with one attached hydrogen (secondary N) is 2. The number of hydrogen-bond acceptors (Lipinski definition) is 5. The van der Waals surface area contributed by atoms with Gasteiger partial charge in [0.25, 0.3) is 5.56 Å². The molecule has 0 amide bonds. The van der Waals surface area contributed by atoms with Gasteiger partial charge < -0.3 is 10.00 Å². The Morgan fingerprint density at radius 1 is 1.56 bits per heavy atom. The fraction of sp³-hybridized carbons (Fsp3) is 0.545. The van der Waals surface area contributed by atoms with Gasteiger partial charge in [0.05, 0.1) is 0 Å². The molecule has 1 fully saturated rings. The van der Waals surface area contributed by atoms with Gasteiger partial charge in [-0.2, -0.15) is 4.37 Å². The van der Waals surface area contributed by atoms with Gasteiger partial charge in [-0.25, -0.2) is 4.98 Å². The standard InChI is InChI=1S/C11H15N5OS/c1-2-9-12-11(18-15-9)16-4-3-7(6-16)8-5-10(17)14-13-8/h5,7H,2-4,6H2,1H3,(H2,13,14,17). The van der Waals surface area contributed by atoms with Crippen LogP contribution in [0.15, 0.2) is 10.9 Å². The maximum atomic E-state index is 11.1. The normalized spacial score (nSPS) is 19.6. The van der Waals surface area contributed by atoms with Crippen molar-refractivity contribution in [3.63, 3.8) is 0 Å². The molecule has 0 aliphatic carbocycles. The Balaban J connectivity index is 1.73. The van der Waals surface area contributed by atoms with E-state index in [-0.39, 0.29) is 5.56 Å². The van der Waals surface area contributed by atoms with Crippen LogP contribution in [-0.2, 0) is 6.42 Å². The highest BCUT2D eigenvalue weighted by Crippen LogP contribution is 2.30. The Morgan fingerprint density at radius 3 is 3.11 bits per heavy atom. The van der Waals surface area contributed by atoms with Crippen LogP contribution in [0.1, 0.15) is 30.8 Å². The summed E-state index contributed by atoms with van der Waals surface area (Å²) in [6, 6.07) is 1.64. The molecular formula is C11H15N5OS. The highest BCUT2D eigenvalue weighted by molar-refractivity contribution is 7.09. The molecule has 0 spiro atoms. The van der Waals surface area contributed by atoms with Crippen LogP contribution in [0.5, 0.6) is 0 Å². The van der Waals surface area contributed by atoms with E-state index in [2.05, 4.69) is 31.4 Å². The Hall–Kier alpha value is -1.63. The monoisotopic (exact) mass is 265 g/mol. The van der Waals surface area contributed by atoms with E-state index in [1.807, 2.05) is 0 Å². The van der Waals surface area contributed by atoms with E-state index in [0.29, 0.717) is 5.92 Å². The van der Waals surface area contributed by atoms with Gasteiger partial charge in [-0.15, -0.1) is 0 Å². The molecular weight excluding hydrogens is 250 g/mol. The molecule has 7 heteroatoms. The highest BCUT2D eigenvalue weighted by Gasteiger charge is 2.27. The summed E-state index contributed by atoms with van der Waals surface area (Å²) in [5.74, 6) is 1.28. The summed E-state index contributed by atoms with van der Waals surface area (Å²) in [6.45, 7) is 3.92. The molecule has 1 atom stereocenters. The summed E-state index contributed by atoms with van der Waals surface area (Å²) in [7, 11) is 0. The zero-order chi connectivity index (χ0) is 12.5. The topological polar surface area (TPSA) is 77.7 Å². The smallest absolute Gasteiger partial charge is 0.264 e. The minimum absolute atomic E-state index is 0.0624. The molecule has 0 radical (unpaired) electrons. The molecule has 1 aliphatic rings. The number of anilines is 1. The van der Waals surface area contributed by atoms with E-state index >= 15 is 0 Å². The number of aromatic nitrogens is 4. The summed E-state index contributed by atoms with van der Waals surface area (Å²) >= 11 is 1.46. The second-order valence-electron chi connectivity index (χ2n) is 4.49. The van der Waals surface area contributed by atoms with Gasteiger partial charge in [0.1, 0.15) is 5.82 Å². The molecule has 1 unspecified atom stereocenters. The summed E-state index contributed by atoms with van der Waals surface area (Å²) in [5, 5.41) is 6.52. The lowest BCUT2D eigenvalue weighted by atomic mass is 10.1. The molecule has 2 aromatic rings. The fourth-order valence-corrected chi connectivity index (χ4v) is 3.06. The van der Waals surface area contributed by atoms with Crippen molar-refractivity contribution in [3.05, 3.63) is 27.9 Å². The Morgan fingerprint density at radius 2 is 2.44 bits per heavy atom. The van der Waals surface area contributed by atoms with E-state index in [9.17, 15) is 4.79 Å². The van der Waals surface area contributed by atoms with E-state index in [4.69, 9.17) is 0 Å². The minimum atomic E-state index is -0.0624. The van der Waals surface area contributed by atoms with Crippen molar-refractivity contribution in [1.82, 2.24) is 19.6 Å². The molecule has 6 nitrogen and oxygen atoms in total. The van der Waals surface area contributed by atoms with Crippen molar-refractivity contribution in [3.8, 4) is 0 Å². The van der Waals surface area contributed by atoms with Gasteiger partial charge in [-0.3, -0.25) is 9.89 Å². The van der Waals surface area contributed by atoms with Gasteiger partial charge in [0.2, 0.25) is 5.13 Å². The lowest BCUT2D eigenvalue weighted by Crippen LogP contribution is -2.19. The van der Waals surface area contributed by atoms with E-state index in [1.165, 1.54) is 11.5 Å². The first kappa shape index (κ1) is 11.5. The van der Waals surface area contributed by atoms with Crippen molar-refractivity contribution in [2.45, 2.75) is 25.7 Å². The molecule has 18 heavy (non-hydrogen) atoms. The maximum Gasteiger partial charge on any atom is 0.264 e. The van der Waals surface area contributed by atoms with E-state index in [1.54, 1.807) is 6.07 Å². The first-order chi connectivity index (χ1) is 8.76. The number of rotatable bonds is 3. The van der Waals surface area contributed by atoms with Crippen molar-refractivity contribution in [2.24, 2.45) is 0 Å². The van der Waals surface area contributed by atoms with Crippen LogP contribution in [-0.4, -0.2) is 32.6 Å². The van der Waals surface area contributed by atoms with Crippen molar-refractivity contribution >= 4 is 16.7 Å². The van der Waals surface area contributed by atoms with Crippen LogP contribution in [0.4, 0.5) is 5.13 Å². The Labute approximate surface area is 108 Å². The molecule has 0 saturated carbocycles. The van der Waals surface area contributed by atoms with Crippen LogP contribution in [0.25, 0.3) is 0 Å². The van der Waals surface area contributed by atoms with Gasteiger partial charge >= 0.3 is 0 Å². The Bertz CT molecular complexity index is 586. The third-order valence-corrected chi connectivity index (χ3v) is 4.10. The number of hydrogen-bond donors (Lipinski definition) is 2. The third-order valence-electron chi connectivity index (χ3n) is 3.29. The van der Waals surface area contributed by atoms with Crippen LogP contribution in [0, 0.1) is 0 Å². The maximum absolute atomic E-state index is 11.1. The number of H-pyrrole nitrogens is 2. The number of aromatic amines is 2. The summed E-state index contributed by atoms with van der Waals surface area (Å²) < 4.78 is 4.31. The Kier molecular flexibility index (Phi) is 2.91. The predicted molar refractivity (Wildman–Crippen MR) is 70.3 cm³/mol. The molecule has 1 aliphatic heterocycles. The number of nitrogens with zero attached hydrogens (tertiary/aromatic N) is 3. The van der Waals surface area contributed by atoms with Gasteiger partial charge in [-0.1, -0.05) is 6.92 Å². The molecule has 0 aromatic carbocycles. The molecule has 0 bridgehead atoms. The van der Waals surface area contributed by atoms with Crippen LogP contribution in [0.3, 0.4) is 0 Å². The van der Waals surface area contributed by atoms with Crippen molar-refractivity contribution in [2.75, 3.05) is 18.0 Å². The largest absolute Gasteiger partial charge is 0.346 e. The first-order valence-electron chi connectivity index (χ1n) is 6.11. The third kappa shape index (κ3) is 2.05. The van der Waals surface area contributed by atoms with Gasteiger partial charge in [0.15, 0.2) is 0 Å². The van der Waals surface area contributed by atoms with Gasteiger partial charge in [0, 0.05) is 48.7 Å². The average Bonchev–Trinajstić information content (AvgIpc) is 3.07. The van der Waals surface area contributed by atoms with E-state index < -0.39 is 0 Å². The average molecular weight is 265 g/mol. The SMILES string of the molecule is CCc1nsc(N2CCC(c3cc(=O)[nH][nH]3)C2)n1. The summed E-state index contributed by atoms with van der Waals surface area (Å²) in [5.41, 5.74) is 0.926. The summed E-state index contributed by atoms with van der Waals surface area (Å²) in [6.07, 6.45) is 1.91. The zero-order valence-electron chi connectivity index (χ0n) is 10.1.